The number of aromatic nitrogens is 3. The predicted octanol–water partition coefficient (Wildman–Crippen LogP) is 5.85. The van der Waals surface area contributed by atoms with Crippen LogP contribution < -0.4 is 10.6 Å². The van der Waals surface area contributed by atoms with Crippen molar-refractivity contribution in [2.45, 2.75) is 110 Å². The molecule has 6 rings (SSSR count). The lowest BCUT2D eigenvalue weighted by molar-refractivity contribution is -0.118. The Hall–Kier alpha value is -3.89. The van der Waals surface area contributed by atoms with Gasteiger partial charge in [0.25, 0.3) is 0 Å². The molecule has 0 bridgehead atoms. The number of aryl methyl sites for hydroxylation is 2. The fourth-order valence-corrected chi connectivity index (χ4v) is 6.69. The van der Waals surface area contributed by atoms with Gasteiger partial charge in [-0.15, -0.1) is 0 Å². The van der Waals surface area contributed by atoms with Crippen LogP contribution in [0.2, 0.25) is 0 Å². The van der Waals surface area contributed by atoms with Crippen molar-refractivity contribution < 1.29 is 9.90 Å². The number of carbonyl (C=O) groups excluding carboxylic acids is 1. The highest BCUT2D eigenvalue weighted by Crippen LogP contribution is 2.35. The van der Waals surface area contributed by atoms with Crippen molar-refractivity contribution in [3.8, 4) is 0 Å². The number of amides is 1. The smallest absolute Gasteiger partial charge is 0.238 e. The van der Waals surface area contributed by atoms with Crippen molar-refractivity contribution in [1.29, 1.82) is 0 Å². The molecule has 2 atom stereocenters. The first-order valence-corrected chi connectivity index (χ1v) is 16.9. The van der Waals surface area contributed by atoms with Gasteiger partial charge in [0.2, 0.25) is 5.91 Å². The van der Waals surface area contributed by atoms with Crippen molar-refractivity contribution >= 4 is 35.4 Å². The Kier molecular flexibility index (Phi) is 9.38. The number of aliphatic hydroxyl groups is 1. The van der Waals surface area contributed by atoms with Gasteiger partial charge in [0.05, 0.1) is 59.5 Å². The van der Waals surface area contributed by atoms with Crippen LogP contribution >= 0.6 is 0 Å². The Labute approximate surface area is 272 Å². The third-order valence-electron chi connectivity index (χ3n) is 9.93. The lowest BCUT2D eigenvalue weighted by Crippen LogP contribution is -2.42. The molecule has 0 radical (unpaired) electrons. The molecule has 1 aliphatic carbocycles. The van der Waals surface area contributed by atoms with E-state index in [0.717, 1.165) is 96.7 Å². The Bertz CT molecular complexity index is 1640. The van der Waals surface area contributed by atoms with Crippen LogP contribution in [0.15, 0.2) is 56.9 Å². The average molecular weight is 625 g/mol. The zero-order chi connectivity index (χ0) is 32.4. The Morgan fingerprint density at radius 1 is 1.11 bits per heavy atom. The summed E-state index contributed by atoms with van der Waals surface area (Å²) in [6.45, 7) is 12.6. The molecule has 5 heterocycles. The van der Waals surface area contributed by atoms with E-state index in [2.05, 4.69) is 59.4 Å². The summed E-state index contributed by atoms with van der Waals surface area (Å²) in [5.74, 6) is -0.0228. The van der Waals surface area contributed by atoms with Crippen LogP contribution in [0.5, 0.6) is 0 Å². The maximum Gasteiger partial charge on any atom is 0.238 e. The highest BCUT2D eigenvalue weighted by Gasteiger charge is 2.33. The van der Waals surface area contributed by atoms with Crippen LogP contribution in [-0.2, 0) is 17.8 Å². The molecule has 0 aromatic carbocycles. The Balaban J connectivity index is 1.28. The number of nitrogens with one attached hydrogen (secondary N) is 2. The molecule has 1 saturated carbocycles. The standard InChI is InChI=1S/C36H48N8O2/c1-6-26-15-32(30-21-40-44-14-11-28(45)17-33(30)44)39-18-23(2)29(20-38-26)35(25-9-7-10-25)42-31-16-27(19-37-24(31)3)41-34(46)22-43-13-8-12-36(43,4)5/h15-16,18-21,26,28,42,45H,6-14,17,22H2,1-5H3,(H,41,46)/b29-23-,32-15-,38-20?,39-18-. The molecule has 244 valence electrons. The fraction of sp³-hybridized carbons (Fsp3) is 0.528. The van der Waals surface area contributed by atoms with Gasteiger partial charge in [-0.3, -0.25) is 29.3 Å². The minimum Gasteiger partial charge on any atom is -0.393 e. The van der Waals surface area contributed by atoms with Gasteiger partial charge in [-0.2, -0.15) is 5.10 Å². The van der Waals surface area contributed by atoms with Crippen LogP contribution in [0.25, 0.3) is 5.70 Å². The number of hydrogen-bond acceptors (Lipinski definition) is 8. The largest absolute Gasteiger partial charge is 0.393 e. The van der Waals surface area contributed by atoms with Crippen molar-refractivity contribution in [2.24, 2.45) is 9.98 Å². The molecular formula is C36H48N8O2. The number of carbonyl (C=O) groups is 1. The first-order valence-electron chi connectivity index (χ1n) is 16.9. The summed E-state index contributed by atoms with van der Waals surface area (Å²) in [6, 6.07) is 1.92. The molecule has 3 N–H and O–H groups in total. The predicted molar refractivity (Wildman–Crippen MR) is 185 cm³/mol. The number of fused-ring (bicyclic) bond motifs is 1. The molecule has 10 heteroatoms. The summed E-state index contributed by atoms with van der Waals surface area (Å²) in [5.41, 5.74) is 9.65. The molecule has 3 aliphatic heterocycles. The fourth-order valence-electron chi connectivity index (χ4n) is 6.69. The second kappa shape index (κ2) is 13.5. The van der Waals surface area contributed by atoms with Gasteiger partial charge >= 0.3 is 0 Å². The highest BCUT2D eigenvalue weighted by molar-refractivity contribution is 5.98. The third-order valence-corrected chi connectivity index (χ3v) is 9.93. The molecule has 2 fully saturated rings. The van der Waals surface area contributed by atoms with Crippen molar-refractivity contribution in [3.63, 3.8) is 0 Å². The maximum atomic E-state index is 13.0. The van der Waals surface area contributed by atoms with Crippen molar-refractivity contribution in [1.82, 2.24) is 19.7 Å². The van der Waals surface area contributed by atoms with E-state index >= 15 is 0 Å². The molecule has 2 aromatic heterocycles. The number of hydrogen-bond donors (Lipinski definition) is 3. The topological polar surface area (TPSA) is 120 Å². The van der Waals surface area contributed by atoms with Crippen molar-refractivity contribution in [2.75, 3.05) is 23.7 Å². The van der Waals surface area contributed by atoms with E-state index in [-0.39, 0.29) is 23.6 Å². The third kappa shape index (κ3) is 6.93. The van der Waals surface area contributed by atoms with Crippen molar-refractivity contribution in [3.05, 3.63) is 63.9 Å². The molecule has 0 spiro atoms. The highest BCUT2D eigenvalue weighted by atomic mass is 16.3. The molecule has 2 aromatic rings. The molecule has 1 amide bonds. The van der Waals surface area contributed by atoms with Gasteiger partial charge < -0.3 is 15.7 Å². The van der Waals surface area contributed by atoms with E-state index in [1.54, 1.807) is 6.20 Å². The quantitative estimate of drug-likeness (QED) is 0.339. The van der Waals surface area contributed by atoms with E-state index < -0.39 is 0 Å². The lowest BCUT2D eigenvalue weighted by atomic mass is 9.87. The SMILES string of the molecule is CCC1\C=C(c2cnn3c2CC(O)CC3)/N=C\C(C)=C(/C(Nc2cc(NC(=O)CN3CCCC3(C)C)cnc2C)=C2CCC2)C=N1. The number of likely N-dealkylation sites (tertiary alicyclic amines) is 1. The number of allylic oxidation sites excluding steroid dienone is 3. The molecule has 46 heavy (non-hydrogen) atoms. The van der Waals surface area contributed by atoms with Crippen LogP contribution in [0, 0.1) is 6.92 Å². The van der Waals surface area contributed by atoms with Gasteiger partial charge in [-0.05, 0) is 102 Å². The summed E-state index contributed by atoms with van der Waals surface area (Å²) in [6.07, 6.45) is 16.8. The van der Waals surface area contributed by atoms with Gasteiger partial charge in [0.1, 0.15) is 0 Å². The molecule has 10 nitrogen and oxygen atoms in total. The lowest BCUT2D eigenvalue weighted by Gasteiger charge is -2.30. The molecule has 2 unspecified atom stereocenters. The van der Waals surface area contributed by atoms with Gasteiger partial charge in [0.15, 0.2) is 0 Å². The minimum absolute atomic E-state index is 0.0228. The summed E-state index contributed by atoms with van der Waals surface area (Å²) >= 11 is 0. The summed E-state index contributed by atoms with van der Waals surface area (Å²) in [7, 11) is 0. The van der Waals surface area contributed by atoms with Gasteiger partial charge in [0, 0.05) is 47.8 Å². The number of anilines is 2. The Morgan fingerprint density at radius 2 is 1.93 bits per heavy atom. The normalized spacial score (nSPS) is 26.2. The first-order chi connectivity index (χ1) is 22.1. The molecule has 4 aliphatic rings. The second-order valence-electron chi connectivity index (χ2n) is 13.7. The summed E-state index contributed by atoms with van der Waals surface area (Å²) in [4.78, 5) is 30.0. The summed E-state index contributed by atoms with van der Waals surface area (Å²) < 4.78 is 1.99. The van der Waals surface area contributed by atoms with E-state index in [9.17, 15) is 9.90 Å². The molecular weight excluding hydrogens is 576 g/mol. The molecule has 1 saturated heterocycles. The number of rotatable bonds is 8. The number of aliphatic hydroxyl groups excluding tert-OH is 1. The van der Waals surface area contributed by atoms with E-state index in [1.165, 1.54) is 5.57 Å². The number of pyridine rings is 1. The van der Waals surface area contributed by atoms with Crippen LogP contribution in [0.4, 0.5) is 11.4 Å². The minimum atomic E-state index is -0.359. The second-order valence-corrected chi connectivity index (χ2v) is 13.7. The summed E-state index contributed by atoms with van der Waals surface area (Å²) in [5, 5.41) is 21.8. The zero-order valence-electron chi connectivity index (χ0n) is 27.9. The van der Waals surface area contributed by atoms with E-state index in [0.29, 0.717) is 25.2 Å². The van der Waals surface area contributed by atoms with Gasteiger partial charge in [-0.25, -0.2) is 0 Å². The number of aliphatic imine (C=N–C) groups is 2. The van der Waals surface area contributed by atoms with E-state index in [1.807, 2.05) is 36.3 Å². The monoisotopic (exact) mass is 624 g/mol. The first kappa shape index (κ1) is 32.1. The van der Waals surface area contributed by atoms with Crippen LogP contribution in [0.1, 0.15) is 89.6 Å². The zero-order valence-corrected chi connectivity index (χ0v) is 27.9. The Morgan fingerprint density at radius 3 is 2.65 bits per heavy atom. The van der Waals surface area contributed by atoms with Gasteiger partial charge in [-0.1, -0.05) is 6.92 Å². The number of nitrogens with zero attached hydrogens (tertiary/aromatic N) is 6. The average Bonchev–Trinajstić information content (AvgIpc) is 3.57. The van der Waals surface area contributed by atoms with Crippen LogP contribution in [-0.4, -0.2) is 73.9 Å². The maximum absolute atomic E-state index is 13.0. The van der Waals surface area contributed by atoms with E-state index in [4.69, 9.17) is 9.98 Å². The van der Waals surface area contributed by atoms with Crippen LogP contribution in [0.3, 0.4) is 0 Å².